The summed E-state index contributed by atoms with van der Waals surface area (Å²) in [6.07, 6.45) is 2.06. The average molecular weight is 237 g/mol. The van der Waals surface area contributed by atoms with E-state index in [2.05, 4.69) is 24.4 Å². The second-order valence-corrected chi connectivity index (χ2v) is 3.91. The SMILES string of the molecule is CCc1ccccc1OCCNCCCOC. The maximum Gasteiger partial charge on any atom is 0.122 e. The standard InChI is InChI=1S/C14H23NO2/c1-3-13-7-4-5-8-14(13)17-12-10-15-9-6-11-16-2/h4-5,7-8,15H,3,6,9-12H2,1-2H3. The van der Waals surface area contributed by atoms with Crippen molar-refractivity contribution in [2.75, 3.05) is 33.4 Å². The number of rotatable bonds is 9. The second kappa shape index (κ2) is 9.02. The summed E-state index contributed by atoms with van der Waals surface area (Å²) in [5.74, 6) is 1.01. The fourth-order valence-corrected chi connectivity index (χ4v) is 1.64. The van der Waals surface area contributed by atoms with Crippen molar-refractivity contribution in [1.29, 1.82) is 0 Å². The van der Waals surface area contributed by atoms with E-state index in [0.717, 1.165) is 38.3 Å². The van der Waals surface area contributed by atoms with Gasteiger partial charge in [0.2, 0.25) is 0 Å². The Balaban J connectivity index is 2.13. The highest BCUT2D eigenvalue weighted by Gasteiger charge is 1.99. The van der Waals surface area contributed by atoms with E-state index in [0.29, 0.717) is 6.61 Å². The summed E-state index contributed by atoms with van der Waals surface area (Å²) in [6.45, 7) is 5.52. The van der Waals surface area contributed by atoms with E-state index in [9.17, 15) is 0 Å². The number of benzene rings is 1. The van der Waals surface area contributed by atoms with Crippen LogP contribution in [0.15, 0.2) is 24.3 Å². The van der Waals surface area contributed by atoms with Crippen molar-refractivity contribution < 1.29 is 9.47 Å². The van der Waals surface area contributed by atoms with E-state index < -0.39 is 0 Å². The van der Waals surface area contributed by atoms with Crippen molar-refractivity contribution in [2.24, 2.45) is 0 Å². The van der Waals surface area contributed by atoms with Crippen LogP contribution in [0.5, 0.6) is 5.75 Å². The van der Waals surface area contributed by atoms with Crippen molar-refractivity contribution in [1.82, 2.24) is 5.32 Å². The first-order valence-corrected chi connectivity index (χ1v) is 6.28. The van der Waals surface area contributed by atoms with Crippen LogP contribution in [-0.4, -0.2) is 33.4 Å². The minimum absolute atomic E-state index is 0.712. The minimum Gasteiger partial charge on any atom is -0.492 e. The predicted molar refractivity (Wildman–Crippen MR) is 70.7 cm³/mol. The Morgan fingerprint density at radius 3 is 2.71 bits per heavy atom. The van der Waals surface area contributed by atoms with E-state index in [1.54, 1.807) is 7.11 Å². The third kappa shape index (κ3) is 5.71. The van der Waals surface area contributed by atoms with Crippen molar-refractivity contribution >= 4 is 0 Å². The molecule has 1 aromatic carbocycles. The molecule has 0 aliphatic carbocycles. The molecule has 0 heterocycles. The van der Waals surface area contributed by atoms with Crippen LogP contribution in [-0.2, 0) is 11.2 Å². The van der Waals surface area contributed by atoms with Crippen LogP contribution in [0, 0.1) is 0 Å². The van der Waals surface area contributed by atoms with Gasteiger partial charge in [-0.2, -0.15) is 0 Å². The summed E-state index contributed by atoms with van der Waals surface area (Å²) in [5.41, 5.74) is 1.27. The molecule has 1 aromatic rings. The van der Waals surface area contributed by atoms with Crippen LogP contribution >= 0.6 is 0 Å². The molecular formula is C14H23NO2. The topological polar surface area (TPSA) is 30.5 Å². The van der Waals surface area contributed by atoms with Gasteiger partial charge in [0.1, 0.15) is 12.4 Å². The summed E-state index contributed by atoms with van der Waals surface area (Å²) in [5, 5.41) is 3.32. The Labute approximate surface area is 104 Å². The summed E-state index contributed by atoms with van der Waals surface area (Å²) in [4.78, 5) is 0. The van der Waals surface area contributed by atoms with Gasteiger partial charge < -0.3 is 14.8 Å². The Morgan fingerprint density at radius 2 is 1.94 bits per heavy atom. The molecule has 0 radical (unpaired) electrons. The third-order valence-electron chi connectivity index (χ3n) is 2.59. The molecule has 0 amide bonds. The number of aryl methyl sites for hydroxylation is 1. The van der Waals surface area contributed by atoms with Crippen molar-refractivity contribution in [2.45, 2.75) is 19.8 Å². The van der Waals surface area contributed by atoms with Crippen molar-refractivity contribution in [3.05, 3.63) is 29.8 Å². The zero-order chi connectivity index (χ0) is 12.3. The van der Waals surface area contributed by atoms with Gasteiger partial charge in [0.25, 0.3) is 0 Å². The summed E-state index contributed by atoms with van der Waals surface area (Å²) >= 11 is 0. The number of hydrogen-bond donors (Lipinski definition) is 1. The van der Waals surface area contributed by atoms with Gasteiger partial charge in [-0.1, -0.05) is 25.1 Å². The van der Waals surface area contributed by atoms with Crippen molar-refractivity contribution in [3.63, 3.8) is 0 Å². The molecule has 0 bridgehead atoms. The van der Waals surface area contributed by atoms with Gasteiger partial charge in [-0.3, -0.25) is 0 Å². The quantitative estimate of drug-likeness (QED) is 0.668. The fourth-order valence-electron chi connectivity index (χ4n) is 1.64. The molecule has 0 unspecified atom stereocenters. The molecule has 96 valence electrons. The van der Waals surface area contributed by atoms with Gasteiger partial charge in [0.05, 0.1) is 0 Å². The van der Waals surface area contributed by atoms with Gasteiger partial charge in [-0.25, -0.2) is 0 Å². The highest BCUT2D eigenvalue weighted by atomic mass is 16.5. The lowest BCUT2D eigenvalue weighted by molar-refractivity contribution is 0.193. The number of ether oxygens (including phenoxy) is 2. The molecule has 17 heavy (non-hydrogen) atoms. The maximum atomic E-state index is 5.74. The second-order valence-electron chi connectivity index (χ2n) is 3.91. The smallest absolute Gasteiger partial charge is 0.122 e. The van der Waals surface area contributed by atoms with Crippen LogP contribution in [0.25, 0.3) is 0 Å². The van der Waals surface area contributed by atoms with Crippen LogP contribution in [0.3, 0.4) is 0 Å². The molecule has 3 heteroatoms. The lowest BCUT2D eigenvalue weighted by Gasteiger charge is -2.10. The Morgan fingerprint density at radius 1 is 1.12 bits per heavy atom. The first-order chi connectivity index (χ1) is 8.38. The highest BCUT2D eigenvalue weighted by molar-refractivity contribution is 5.33. The average Bonchev–Trinajstić information content (AvgIpc) is 2.38. The Hall–Kier alpha value is -1.06. The zero-order valence-corrected chi connectivity index (χ0v) is 10.9. The maximum absolute atomic E-state index is 5.74. The molecule has 0 saturated carbocycles. The van der Waals surface area contributed by atoms with Gasteiger partial charge in [0.15, 0.2) is 0 Å². The largest absolute Gasteiger partial charge is 0.492 e. The van der Waals surface area contributed by atoms with Crippen LogP contribution in [0.1, 0.15) is 18.9 Å². The fraction of sp³-hybridized carbons (Fsp3) is 0.571. The number of hydrogen-bond acceptors (Lipinski definition) is 3. The summed E-state index contributed by atoms with van der Waals surface area (Å²) in [6, 6.07) is 8.21. The van der Waals surface area contributed by atoms with Gasteiger partial charge >= 0.3 is 0 Å². The third-order valence-corrected chi connectivity index (χ3v) is 2.59. The zero-order valence-electron chi connectivity index (χ0n) is 10.9. The monoisotopic (exact) mass is 237 g/mol. The van der Waals surface area contributed by atoms with Crippen LogP contribution in [0.4, 0.5) is 0 Å². The van der Waals surface area contributed by atoms with Gasteiger partial charge in [-0.15, -0.1) is 0 Å². The Kier molecular flexibility index (Phi) is 7.43. The van der Waals surface area contributed by atoms with Crippen LogP contribution < -0.4 is 10.1 Å². The number of methoxy groups -OCH3 is 1. The predicted octanol–water partition coefficient (Wildman–Crippen LogP) is 2.25. The first kappa shape index (κ1) is 14.0. The van der Waals surface area contributed by atoms with E-state index in [4.69, 9.17) is 9.47 Å². The van der Waals surface area contributed by atoms with Crippen LogP contribution in [0.2, 0.25) is 0 Å². The number of para-hydroxylation sites is 1. The van der Waals surface area contributed by atoms with E-state index in [1.807, 2.05) is 12.1 Å². The molecule has 0 aliphatic rings. The molecular weight excluding hydrogens is 214 g/mol. The lowest BCUT2D eigenvalue weighted by Crippen LogP contribution is -2.23. The summed E-state index contributed by atoms with van der Waals surface area (Å²) < 4.78 is 10.7. The Bertz CT molecular complexity index is 302. The molecule has 0 saturated heterocycles. The molecule has 0 aliphatic heterocycles. The summed E-state index contributed by atoms with van der Waals surface area (Å²) in [7, 11) is 1.73. The molecule has 1 N–H and O–H groups in total. The molecule has 3 nitrogen and oxygen atoms in total. The minimum atomic E-state index is 0.712. The van der Waals surface area contributed by atoms with Gasteiger partial charge in [0, 0.05) is 20.3 Å². The van der Waals surface area contributed by atoms with E-state index in [-0.39, 0.29) is 0 Å². The normalized spacial score (nSPS) is 10.5. The van der Waals surface area contributed by atoms with E-state index in [1.165, 1.54) is 5.56 Å². The first-order valence-electron chi connectivity index (χ1n) is 6.28. The molecule has 0 aromatic heterocycles. The van der Waals surface area contributed by atoms with Gasteiger partial charge in [-0.05, 0) is 31.0 Å². The molecule has 0 fully saturated rings. The highest BCUT2D eigenvalue weighted by Crippen LogP contribution is 2.17. The van der Waals surface area contributed by atoms with E-state index >= 15 is 0 Å². The molecule has 0 atom stereocenters. The molecule has 0 spiro atoms. The molecule has 1 rings (SSSR count). The lowest BCUT2D eigenvalue weighted by atomic mass is 10.1. The van der Waals surface area contributed by atoms with Crippen molar-refractivity contribution in [3.8, 4) is 5.75 Å². The number of nitrogens with one attached hydrogen (secondary N) is 1.